The maximum atomic E-state index is 12.8. The molecule has 25 heavy (non-hydrogen) atoms. The first-order valence-electron chi connectivity index (χ1n) is 8.77. The summed E-state index contributed by atoms with van der Waals surface area (Å²) in [7, 11) is 0. The fourth-order valence-electron chi connectivity index (χ4n) is 3.53. The fraction of sp³-hybridized carbons (Fsp3) is 0.579. The Morgan fingerprint density at radius 3 is 2.68 bits per heavy atom. The molecule has 2 aliphatic rings. The van der Waals surface area contributed by atoms with Crippen molar-refractivity contribution in [2.24, 2.45) is 5.92 Å². The van der Waals surface area contributed by atoms with Gasteiger partial charge in [-0.15, -0.1) is 0 Å². The first-order valence-corrected chi connectivity index (χ1v) is 8.77. The van der Waals surface area contributed by atoms with Gasteiger partial charge in [-0.1, -0.05) is 6.07 Å². The van der Waals surface area contributed by atoms with E-state index in [1.165, 1.54) is 0 Å². The lowest BCUT2D eigenvalue weighted by atomic mass is 10.0. The summed E-state index contributed by atoms with van der Waals surface area (Å²) in [5.41, 5.74) is 0.744. The number of fused-ring (bicyclic) bond motifs is 1. The zero-order valence-electron chi connectivity index (χ0n) is 15.4. The second kappa shape index (κ2) is 6.58. The van der Waals surface area contributed by atoms with E-state index >= 15 is 0 Å². The van der Waals surface area contributed by atoms with E-state index < -0.39 is 0 Å². The van der Waals surface area contributed by atoms with E-state index in [9.17, 15) is 9.59 Å². The predicted octanol–water partition coefficient (Wildman–Crippen LogP) is 2.41. The Morgan fingerprint density at radius 2 is 2.00 bits per heavy atom. The highest BCUT2D eigenvalue weighted by atomic mass is 16.7. The predicted molar refractivity (Wildman–Crippen MR) is 93.2 cm³/mol. The van der Waals surface area contributed by atoms with Gasteiger partial charge in [0.25, 0.3) is 0 Å². The summed E-state index contributed by atoms with van der Waals surface area (Å²) in [4.78, 5) is 28.8. The highest BCUT2D eigenvalue weighted by Gasteiger charge is 2.38. The minimum Gasteiger partial charge on any atom is -0.454 e. The molecule has 0 aromatic heterocycles. The van der Waals surface area contributed by atoms with Gasteiger partial charge in [0.15, 0.2) is 11.5 Å². The van der Waals surface area contributed by atoms with Crippen LogP contribution in [0.15, 0.2) is 18.2 Å². The molecule has 3 rings (SSSR count). The first-order chi connectivity index (χ1) is 11.8. The number of carbonyl (C=O) groups is 2. The highest BCUT2D eigenvalue weighted by Crippen LogP contribution is 2.33. The lowest BCUT2D eigenvalue weighted by Gasteiger charge is -2.36. The normalized spacial score (nSPS) is 19.4. The Bertz CT molecular complexity index is 680. The molecule has 1 saturated heterocycles. The molecular formula is C19H26N2O4. The van der Waals surface area contributed by atoms with E-state index in [1.807, 2.05) is 50.8 Å². The van der Waals surface area contributed by atoms with Crippen LogP contribution in [0.5, 0.6) is 11.5 Å². The molecule has 2 aliphatic heterocycles. The van der Waals surface area contributed by atoms with Crippen LogP contribution in [0.25, 0.3) is 0 Å². The monoisotopic (exact) mass is 346 g/mol. The number of ether oxygens (including phenoxy) is 2. The van der Waals surface area contributed by atoms with Crippen LogP contribution < -0.4 is 9.47 Å². The van der Waals surface area contributed by atoms with Crippen LogP contribution in [0, 0.1) is 5.92 Å². The molecule has 6 nitrogen and oxygen atoms in total. The van der Waals surface area contributed by atoms with Gasteiger partial charge in [0, 0.05) is 31.6 Å². The number of benzene rings is 1. The third-order valence-corrected chi connectivity index (χ3v) is 4.77. The second-order valence-electron chi connectivity index (χ2n) is 7.62. The van der Waals surface area contributed by atoms with Crippen LogP contribution in [0.4, 0.5) is 0 Å². The van der Waals surface area contributed by atoms with Crippen molar-refractivity contribution in [2.75, 3.05) is 19.9 Å². The van der Waals surface area contributed by atoms with Crippen LogP contribution in [0.1, 0.15) is 39.7 Å². The van der Waals surface area contributed by atoms with Gasteiger partial charge in [0.05, 0.1) is 5.92 Å². The molecule has 0 spiro atoms. The average molecular weight is 346 g/mol. The smallest absolute Gasteiger partial charge is 0.231 e. The van der Waals surface area contributed by atoms with E-state index in [1.54, 1.807) is 4.90 Å². The van der Waals surface area contributed by atoms with E-state index in [4.69, 9.17) is 9.47 Å². The Balaban J connectivity index is 1.67. The third-order valence-electron chi connectivity index (χ3n) is 4.77. The Labute approximate surface area is 148 Å². The molecule has 1 unspecified atom stereocenters. The Morgan fingerprint density at radius 1 is 1.28 bits per heavy atom. The zero-order valence-corrected chi connectivity index (χ0v) is 15.4. The van der Waals surface area contributed by atoms with Crippen LogP contribution in [0.3, 0.4) is 0 Å². The van der Waals surface area contributed by atoms with Gasteiger partial charge in [-0.05, 0) is 45.4 Å². The van der Waals surface area contributed by atoms with E-state index in [0.29, 0.717) is 25.4 Å². The molecule has 1 aromatic rings. The van der Waals surface area contributed by atoms with Gasteiger partial charge in [0.1, 0.15) is 0 Å². The van der Waals surface area contributed by atoms with Crippen molar-refractivity contribution in [3.63, 3.8) is 0 Å². The summed E-state index contributed by atoms with van der Waals surface area (Å²) >= 11 is 0. The molecule has 1 aromatic carbocycles. The SMILES string of the molecule is CCN(C(=O)C1CC(=O)N(Cc2ccc3c(c2)OCO3)C1)C(C)(C)C. The average Bonchev–Trinajstić information content (AvgIpc) is 3.13. The van der Waals surface area contributed by atoms with Gasteiger partial charge in [-0.3, -0.25) is 9.59 Å². The fourth-order valence-corrected chi connectivity index (χ4v) is 3.53. The van der Waals surface area contributed by atoms with E-state index in [0.717, 1.165) is 11.3 Å². The van der Waals surface area contributed by atoms with E-state index in [2.05, 4.69) is 0 Å². The van der Waals surface area contributed by atoms with Crippen LogP contribution in [-0.2, 0) is 16.1 Å². The molecule has 0 N–H and O–H groups in total. The van der Waals surface area contributed by atoms with Crippen molar-refractivity contribution < 1.29 is 19.1 Å². The summed E-state index contributed by atoms with van der Waals surface area (Å²) in [5, 5.41) is 0. The van der Waals surface area contributed by atoms with Crippen molar-refractivity contribution in [1.29, 1.82) is 0 Å². The maximum Gasteiger partial charge on any atom is 0.231 e. The van der Waals surface area contributed by atoms with Crippen LogP contribution >= 0.6 is 0 Å². The highest BCUT2D eigenvalue weighted by molar-refractivity contribution is 5.89. The first kappa shape index (κ1) is 17.6. The molecule has 2 heterocycles. The molecule has 0 radical (unpaired) electrons. The molecule has 1 fully saturated rings. The maximum absolute atomic E-state index is 12.8. The Hall–Kier alpha value is -2.24. The third kappa shape index (κ3) is 3.57. The summed E-state index contributed by atoms with van der Waals surface area (Å²) in [6.07, 6.45) is 0.288. The largest absolute Gasteiger partial charge is 0.454 e. The summed E-state index contributed by atoms with van der Waals surface area (Å²) < 4.78 is 10.7. The van der Waals surface area contributed by atoms with Gasteiger partial charge in [0.2, 0.25) is 18.6 Å². The van der Waals surface area contributed by atoms with Crippen molar-refractivity contribution >= 4 is 11.8 Å². The summed E-state index contributed by atoms with van der Waals surface area (Å²) in [5.74, 6) is 1.27. The molecule has 136 valence electrons. The quantitative estimate of drug-likeness (QED) is 0.840. The molecule has 0 bridgehead atoms. The van der Waals surface area contributed by atoms with Crippen LogP contribution in [0.2, 0.25) is 0 Å². The lowest BCUT2D eigenvalue weighted by Crippen LogP contribution is -2.48. The molecule has 2 amide bonds. The van der Waals surface area contributed by atoms with Crippen LogP contribution in [-0.4, -0.2) is 47.0 Å². The summed E-state index contributed by atoms with van der Waals surface area (Å²) in [6.45, 7) is 9.89. The number of rotatable bonds is 4. The molecular weight excluding hydrogens is 320 g/mol. The van der Waals surface area contributed by atoms with Crippen molar-refractivity contribution in [3.8, 4) is 11.5 Å². The molecule has 6 heteroatoms. The second-order valence-corrected chi connectivity index (χ2v) is 7.62. The van der Waals surface area contributed by atoms with Crippen molar-refractivity contribution in [3.05, 3.63) is 23.8 Å². The van der Waals surface area contributed by atoms with Crippen molar-refractivity contribution in [1.82, 2.24) is 9.80 Å². The minimum absolute atomic E-state index is 0.0287. The minimum atomic E-state index is -0.263. The number of carbonyl (C=O) groups excluding carboxylic acids is 2. The van der Waals surface area contributed by atoms with Gasteiger partial charge in [-0.2, -0.15) is 0 Å². The molecule has 1 atom stereocenters. The van der Waals surface area contributed by atoms with Gasteiger partial charge < -0.3 is 19.3 Å². The van der Waals surface area contributed by atoms with E-state index in [-0.39, 0.29) is 36.5 Å². The summed E-state index contributed by atoms with van der Waals surface area (Å²) in [6, 6.07) is 5.70. The zero-order chi connectivity index (χ0) is 18.2. The standard InChI is InChI=1S/C19H26N2O4/c1-5-21(19(2,3)4)18(23)14-9-17(22)20(11-14)10-13-6-7-15-16(8-13)25-12-24-15/h6-8,14H,5,9-12H2,1-4H3. The number of hydrogen-bond donors (Lipinski definition) is 0. The van der Waals surface area contributed by atoms with Gasteiger partial charge >= 0.3 is 0 Å². The number of nitrogens with zero attached hydrogens (tertiary/aromatic N) is 2. The number of likely N-dealkylation sites (tertiary alicyclic amines) is 1. The molecule has 0 saturated carbocycles. The lowest BCUT2D eigenvalue weighted by molar-refractivity contribution is -0.140. The number of amides is 2. The van der Waals surface area contributed by atoms with Gasteiger partial charge in [-0.25, -0.2) is 0 Å². The molecule has 0 aliphatic carbocycles. The van der Waals surface area contributed by atoms with Crippen molar-refractivity contribution in [2.45, 2.75) is 46.2 Å². The topological polar surface area (TPSA) is 59.1 Å². The Kier molecular flexibility index (Phi) is 4.62. The number of hydrogen-bond acceptors (Lipinski definition) is 4.